The number of rotatable bonds is 3. The molecule has 3 aromatic rings. The molecule has 0 aliphatic rings. The van der Waals surface area contributed by atoms with Crippen LogP contribution < -0.4 is 10.5 Å². The van der Waals surface area contributed by atoms with Crippen LogP contribution >= 0.6 is 11.6 Å². The van der Waals surface area contributed by atoms with Crippen LogP contribution in [0.4, 0.5) is 5.69 Å². The highest BCUT2D eigenvalue weighted by Crippen LogP contribution is 2.18. The number of likely N-dealkylation sites (N-methyl/N-ethyl adjacent to an activating group) is 1. The standard InChI is InChI=1S/C18H16ClN3O2/c1-12-20-16-9-4-3-8-15(16)18(24)22(12)11-17(23)21(2)14-7-5-6-13(19)10-14/h3-10H,11H2,1-2H3. The second kappa shape index (κ2) is 6.45. The van der Waals surface area contributed by atoms with Crippen LogP contribution in [-0.4, -0.2) is 22.5 Å². The number of halogens is 1. The molecule has 0 fully saturated rings. The van der Waals surface area contributed by atoms with Crippen molar-refractivity contribution in [2.45, 2.75) is 13.5 Å². The van der Waals surface area contributed by atoms with Crippen LogP contribution in [0.1, 0.15) is 5.82 Å². The number of aromatic nitrogens is 2. The highest BCUT2D eigenvalue weighted by atomic mass is 35.5. The average molecular weight is 342 g/mol. The summed E-state index contributed by atoms with van der Waals surface area (Å²) < 4.78 is 1.39. The molecule has 1 aromatic heterocycles. The number of hydrogen-bond acceptors (Lipinski definition) is 3. The lowest BCUT2D eigenvalue weighted by Gasteiger charge is -2.19. The highest BCUT2D eigenvalue weighted by molar-refractivity contribution is 6.30. The predicted octanol–water partition coefficient (Wildman–Crippen LogP) is 3.02. The summed E-state index contributed by atoms with van der Waals surface area (Å²) in [7, 11) is 1.66. The van der Waals surface area contributed by atoms with Crippen LogP contribution in [0.15, 0.2) is 53.3 Å². The molecule has 122 valence electrons. The number of benzene rings is 2. The molecule has 3 rings (SSSR count). The number of amides is 1. The minimum atomic E-state index is -0.223. The normalized spacial score (nSPS) is 10.8. The van der Waals surface area contributed by atoms with E-state index in [1.807, 2.05) is 6.07 Å². The third-order valence-corrected chi connectivity index (χ3v) is 4.15. The molecular weight excluding hydrogens is 326 g/mol. The number of carbonyl (C=O) groups is 1. The Morgan fingerprint density at radius 2 is 1.96 bits per heavy atom. The Hall–Kier alpha value is -2.66. The van der Waals surface area contributed by atoms with Gasteiger partial charge in [0.2, 0.25) is 5.91 Å². The van der Waals surface area contributed by atoms with E-state index >= 15 is 0 Å². The van der Waals surface area contributed by atoms with Crippen molar-refractivity contribution in [1.82, 2.24) is 9.55 Å². The molecule has 0 saturated carbocycles. The van der Waals surface area contributed by atoms with Gasteiger partial charge in [0.05, 0.1) is 10.9 Å². The lowest BCUT2D eigenvalue weighted by atomic mass is 10.2. The molecule has 24 heavy (non-hydrogen) atoms. The summed E-state index contributed by atoms with van der Waals surface area (Å²) in [6, 6.07) is 14.1. The smallest absolute Gasteiger partial charge is 0.261 e. The summed E-state index contributed by atoms with van der Waals surface area (Å²) in [5.74, 6) is 0.283. The van der Waals surface area contributed by atoms with Gasteiger partial charge in [-0.1, -0.05) is 29.8 Å². The zero-order valence-electron chi connectivity index (χ0n) is 13.4. The zero-order valence-corrected chi connectivity index (χ0v) is 14.1. The molecule has 2 aromatic carbocycles. The van der Waals surface area contributed by atoms with Crippen molar-refractivity contribution in [3.8, 4) is 0 Å². The predicted molar refractivity (Wildman–Crippen MR) is 95.6 cm³/mol. The van der Waals surface area contributed by atoms with Crippen molar-refractivity contribution in [2.75, 3.05) is 11.9 Å². The molecule has 0 aliphatic heterocycles. The van der Waals surface area contributed by atoms with E-state index in [0.29, 0.717) is 27.4 Å². The molecular formula is C18H16ClN3O2. The number of para-hydroxylation sites is 1. The number of carbonyl (C=O) groups excluding carboxylic acids is 1. The first-order valence-electron chi connectivity index (χ1n) is 7.45. The fourth-order valence-electron chi connectivity index (χ4n) is 2.54. The first-order valence-corrected chi connectivity index (χ1v) is 7.83. The van der Waals surface area contributed by atoms with E-state index < -0.39 is 0 Å². The maximum Gasteiger partial charge on any atom is 0.261 e. The van der Waals surface area contributed by atoms with Crippen molar-refractivity contribution in [1.29, 1.82) is 0 Å². The number of hydrogen-bond donors (Lipinski definition) is 0. The van der Waals surface area contributed by atoms with E-state index in [2.05, 4.69) is 4.98 Å². The van der Waals surface area contributed by atoms with Crippen LogP contribution in [-0.2, 0) is 11.3 Å². The Bertz CT molecular complexity index is 981. The van der Waals surface area contributed by atoms with E-state index in [4.69, 9.17) is 11.6 Å². The number of aryl methyl sites for hydroxylation is 1. The van der Waals surface area contributed by atoms with Crippen molar-refractivity contribution < 1.29 is 4.79 Å². The van der Waals surface area contributed by atoms with Crippen LogP contribution in [0.2, 0.25) is 5.02 Å². The van der Waals surface area contributed by atoms with Crippen LogP contribution in [0.25, 0.3) is 10.9 Å². The van der Waals surface area contributed by atoms with Gasteiger partial charge in [0.15, 0.2) is 0 Å². The van der Waals surface area contributed by atoms with Crippen molar-refractivity contribution in [2.24, 2.45) is 0 Å². The first kappa shape index (κ1) is 16.2. The molecule has 1 amide bonds. The fourth-order valence-corrected chi connectivity index (χ4v) is 2.72. The first-order chi connectivity index (χ1) is 11.5. The molecule has 0 bridgehead atoms. The van der Waals surface area contributed by atoms with Gasteiger partial charge in [-0.15, -0.1) is 0 Å². The van der Waals surface area contributed by atoms with Crippen LogP contribution in [0, 0.1) is 6.92 Å². The molecule has 5 nitrogen and oxygen atoms in total. The van der Waals surface area contributed by atoms with Gasteiger partial charge in [-0.05, 0) is 37.3 Å². The molecule has 6 heteroatoms. The van der Waals surface area contributed by atoms with Crippen LogP contribution in [0.5, 0.6) is 0 Å². The number of nitrogens with zero attached hydrogens (tertiary/aromatic N) is 3. The Kier molecular flexibility index (Phi) is 4.36. The summed E-state index contributed by atoms with van der Waals surface area (Å²) in [5.41, 5.74) is 1.09. The summed E-state index contributed by atoms with van der Waals surface area (Å²) in [4.78, 5) is 31.1. The van der Waals surface area contributed by atoms with Gasteiger partial charge >= 0.3 is 0 Å². The van der Waals surface area contributed by atoms with E-state index in [1.165, 1.54) is 9.47 Å². The van der Waals surface area contributed by atoms with E-state index in [-0.39, 0.29) is 18.0 Å². The summed E-state index contributed by atoms with van der Waals surface area (Å²) >= 11 is 5.97. The molecule has 0 spiro atoms. The van der Waals surface area contributed by atoms with Gasteiger partial charge in [0, 0.05) is 17.8 Å². The number of anilines is 1. The molecule has 0 unspecified atom stereocenters. The third-order valence-electron chi connectivity index (χ3n) is 3.92. The van der Waals surface area contributed by atoms with E-state index in [0.717, 1.165) is 0 Å². The summed E-state index contributed by atoms with van der Waals surface area (Å²) in [6.07, 6.45) is 0. The number of fused-ring (bicyclic) bond motifs is 1. The maximum absolute atomic E-state index is 12.6. The molecule has 0 aliphatic carbocycles. The van der Waals surface area contributed by atoms with Gasteiger partial charge in [-0.3, -0.25) is 14.2 Å². The van der Waals surface area contributed by atoms with Gasteiger partial charge in [-0.25, -0.2) is 4.98 Å². The van der Waals surface area contributed by atoms with Gasteiger partial charge < -0.3 is 4.90 Å². The minimum absolute atomic E-state index is 0.0779. The molecule has 0 N–H and O–H groups in total. The van der Waals surface area contributed by atoms with E-state index in [9.17, 15) is 9.59 Å². The summed E-state index contributed by atoms with van der Waals surface area (Å²) in [6.45, 7) is 1.64. The molecule has 0 atom stereocenters. The van der Waals surface area contributed by atoms with Gasteiger partial charge in [0.25, 0.3) is 5.56 Å². The second-order valence-electron chi connectivity index (χ2n) is 5.50. The monoisotopic (exact) mass is 341 g/mol. The SMILES string of the molecule is Cc1nc2ccccc2c(=O)n1CC(=O)N(C)c1cccc(Cl)c1. The van der Waals surface area contributed by atoms with Crippen molar-refractivity contribution >= 4 is 34.1 Å². The van der Waals surface area contributed by atoms with Crippen molar-refractivity contribution in [3.05, 3.63) is 69.7 Å². The fraction of sp³-hybridized carbons (Fsp3) is 0.167. The Balaban J connectivity index is 1.95. The maximum atomic E-state index is 12.6. The lowest BCUT2D eigenvalue weighted by molar-refractivity contribution is -0.119. The average Bonchev–Trinajstić information content (AvgIpc) is 2.57. The molecule has 0 saturated heterocycles. The summed E-state index contributed by atoms with van der Waals surface area (Å²) in [5, 5.41) is 1.05. The molecule has 0 radical (unpaired) electrons. The Morgan fingerprint density at radius 3 is 2.71 bits per heavy atom. The van der Waals surface area contributed by atoms with Gasteiger partial charge in [-0.2, -0.15) is 0 Å². The largest absolute Gasteiger partial charge is 0.314 e. The van der Waals surface area contributed by atoms with Crippen LogP contribution in [0.3, 0.4) is 0 Å². The second-order valence-corrected chi connectivity index (χ2v) is 5.94. The van der Waals surface area contributed by atoms with Crippen molar-refractivity contribution in [3.63, 3.8) is 0 Å². The molecule has 1 heterocycles. The Morgan fingerprint density at radius 1 is 1.21 bits per heavy atom. The Labute approximate surface area is 144 Å². The minimum Gasteiger partial charge on any atom is -0.314 e. The highest BCUT2D eigenvalue weighted by Gasteiger charge is 2.15. The third kappa shape index (κ3) is 3.03. The lowest BCUT2D eigenvalue weighted by Crippen LogP contribution is -2.35. The zero-order chi connectivity index (χ0) is 17.3. The van der Waals surface area contributed by atoms with Gasteiger partial charge in [0.1, 0.15) is 12.4 Å². The van der Waals surface area contributed by atoms with E-state index in [1.54, 1.807) is 56.4 Å². The quantitative estimate of drug-likeness (QED) is 0.735. The topological polar surface area (TPSA) is 55.2 Å².